The van der Waals surface area contributed by atoms with Gasteiger partial charge < -0.3 is 20.8 Å². The van der Waals surface area contributed by atoms with Crippen molar-refractivity contribution in [1.82, 2.24) is 24.7 Å². The maximum absolute atomic E-state index is 14.2. The number of ether oxygens (including phenoxy) is 1. The molecule has 3 N–H and O–H groups in total. The first-order valence-corrected chi connectivity index (χ1v) is 9.87. The third kappa shape index (κ3) is 4.27. The van der Waals surface area contributed by atoms with E-state index < -0.39 is 5.82 Å². The lowest BCUT2D eigenvalue weighted by molar-refractivity contribution is 0.385. The summed E-state index contributed by atoms with van der Waals surface area (Å²) in [7, 11) is 3.22. The Morgan fingerprint density at radius 1 is 1.19 bits per heavy atom. The second-order valence-electron chi connectivity index (χ2n) is 6.93. The number of nitrogens with zero attached hydrogens (tertiary/aromatic N) is 4. The predicted octanol–water partition coefficient (Wildman–Crippen LogP) is 3.76. The van der Waals surface area contributed by atoms with Crippen LogP contribution in [0.3, 0.4) is 0 Å². The molecule has 0 saturated heterocycles. The molecule has 4 aromatic rings. The number of methoxy groups -OCH3 is 1. The number of aromatic nitrogens is 4. The molecule has 8 nitrogen and oxygen atoms in total. The SMILES string of the molecule is CN/C=C(\C=N)c1ccc(CNc2cc(-c3cnc4cc(OC)c(F)cn34)ncn2)cc1. The zero-order chi connectivity index (χ0) is 22.5. The molecule has 9 heteroatoms. The third-order valence-electron chi connectivity index (χ3n) is 4.93. The van der Waals surface area contributed by atoms with Gasteiger partial charge in [0.15, 0.2) is 11.6 Å². The summed E-state index contributed by atoms with van der Waals surface area (Å²) in [6, 6.07) is 11.3. The minimum absolute atomic E-state index is 0.139. The average Bonchev–Trinajstić information content (AvgIpc) is 3.24. The number of pyridine rings is 1. The van der Waals surface area contributed by atoms with E-state index in [1.165, 1.54) is 25.8 Å². The maximum Gasteiger partial charge on any atom is 0.181 e. The van der Waals surface area contributed by atoms with Crippen LogP contribution in [0.5, 0.6) is 5.75 Å². The molecule has 0 unspecified atom stereocenters. The summed E-state index contributed by atoms with van der Waals surface area (Å²) in [5.41, 5.74) is 4.64. The van der Waals surface area contributed by atoms with Crippen LogP contribution in [0.25, 0.3) is 22.6 Å². The first-order valence-electron chi connectivity index (χ1n) is 9.87. The summed E-state index contributed by atoms with van der Waals surface area (Å²) in [5, 5.41) is 13.7. The van der Waals surface area contributed by atoms with Crippen LogP contribution in [0.2, 0.25) is 0 Å². The molecule has 0 radical (unpaired) electrons. The van der Waals surface area contributed by atoms with Gasteiger partial charge in [-0.1, -0.05) is 24.3 Å². The van der Waals surface area contributed by atoms with Crippen molar-refractivity contribution in [1.29, 1.82) is 5.41 Å². The van der Waals surface area contributed by atoms with Gasteiger partial charge in [0.05, 0.1) is 30.9 Å². The van der Waals surface area contributed by atoms with Crippen molar-refractivity contribution in [2.45, 2.75) is 6.54 Å². The molecule has 0 atom stereocenters. The van der Waals surface area contributed by atoms with Crippen molar-refractivity contribution in [2.75, 3.05) is 19.5 Å². The van der Waals surface area contributed by atoms with Crippen molar-refractivity contribution in [3.8, 4) is 17.1 Å². The molecule has 0 amide bonds. The number of halogens is 1. The maximum atomic E-state index is 14.2. The molecule has 3 aromatic heterocycles. The topological polar surface area (TPSA) is 100 Å². The Morgan fingerprint density at radius 2 is 2.00 bits per heavy atom. The van der Waals surface area contributed by atoms with Crippen LogP contribution in [0.15, 0.2) is 61.3 Å². The Kier molecular flexibility index (Phi) is 6.07. The number of benzene rings is 1. The number of allylic oxidation sites excluding steroid dienone is 1. The molecule has 32 heavy (non-hydrogen) atoms. The largest absolute Gasteiger partial charge is 0.493 e. The van der Waals surface area contributed by atoms with Crippen LogP contribution >= 0.6 is 0 Å². The quantitative estimate of drug-likeness (QED) is 0.367. The fraction of sp³-hybridized carbons (Fsp3) is 0.130. The molecule has 0 bridgehead atoms. The number of hydrogen-bond donors (Lipinski definition) is 3. The van der Waals surface area contributed by atoms with Gasteiger partial charge in [0, 0.05) is 43.7 Å². The van der Waals surface area contributed by atoms with Gasteiger partial charge in [-0.05, 0) is 11.1 Å². The molecule has 3 heterocycles. The van der Waals surface area contributed by atoms with E-state index in [1.807, 2.05) is 24.3 Å². The summed E-state index contributed by atoms with van der Waals surface area (Å²) in [6.07, 6.45) is 7.52. The van der Waals surface area contributed by atoms with Crippen LogP contribution in [0.4, 0.5) is 10.2 Å². The van der Waals surface area contributed by atoms with Gasteiger partial charge in [0.25, 0.3) is 0 Å². The molecule has 0 aliphatic heterocycles. The molecule has 0 saturated carbocycles. The normalized spacial score (nSPS) is 11.4. The standard InChI is InChI=1S/C23H22FN7O/c1-26-11-17(9-25)16-5-3-15(4-6-16)10-27-22-7-19(29-14-30-22)20-12-28-23-8-21(32-2)18(24)13-31(20)23/h3-9,11-14,25-26H,10H2,1-2H3,(H,27,29,30)/b17-11+,25-9?. The second kappa shape index (κ2) is 9.25. The van der Waals surface area contributed by atoms with E-state index in [2.05, 4.69) is 25.6 Å². The predicted molar refractivity (Wildman–Crippen MR) is 122 cm³/mol. The smallest absolute Gasteiger partial charge is 0.181 e. The second-order valence-corrected chi connectivity index (χ2v) is 6.93. The van der Waals surface area contributed by atoms with Gasteiger partial charge in [-0.15, -0.1) is 0 Å². The Morgan fingerprint density at radius 3 is 2.72 bits per heavy atom. The van der Waals surface area contributed by atoms with Crippen molar-refractivity contribution in [2.24, 2.45) is 0 Å². The minimum Gasteiger partial charge on any atom is -0.493 e. The van der Waals surface area contributed by atoms with Gasteiger partial charge in [0.2, 0.25) is 0 Å². The Labute approximate surface area is 184 Å². The van der Waals surface area contributed by atoms with E-state index in [9.17, 15) is 4.39 Å². The Hall–Kier alpha value is -4.27. The lowest BCUT2D eigenvalue weighted by Gasteiger charge is -2.09. The van der Waals surface area contributed by atoms with Gasteiger partial charge in [-0.25, -0.2) is 19.3 Å². The molecule has 0 spiro atoms. The van der Waals surface area contributed by atoms with Crippen molar-refractivity contribution in [3.63, 3.8) is 0 Å². The molecule has 1 aromatic carbocycles. The molecule has 0 aliphatic carbocycles. The van der Waals surface area contributed by atoms with Crippen molar-refractivity contribution in [3.05, 3.63) is 78.3 Å². The number of imidazole rings is 1. The molecular formula is C23H22FN7O. The number of anilines is 1. The fourth-order valence-corrected chi connectivity index (χ4v) is 3.29. The zero-order valence-electron chi connectivity index (χ0n) is 17.6. The lowest BCUT2D eigenvalue weighted by atomic mass is 10.1. The van der Waals surface area contributed by atoms with E-state index in [1.54, 1.807) is 36.0 Å². The monoisotopic (exact) mass is 431 g/mol. The molecular weight excluding hydrogens is 409 g/mol. The highest BCUT2D eigenvalue weighted by Crippen LogP contribution is 2.25. The van der Waals surface area contributed by atoms with Crippen LogP contribution in [-0.2, 0) is 6.54 Å². The summed E-state index contributed by atoms with van der Waals surface area (Å²) in [6.45, 7) is 0.561. The summed E-state index contributed by atoms with van der Waals surface area (Å²) < 4.78 is 20.8. The summed E-state index contributed by atoms with van der Waals surface area (Å²) in [5.74, 6) is 0.295. The first-order chi connectivity index (χ1) is 15.6. The first kappa shape index (κ1) is 21.0. The Bertz CT molecular complexity index is 1280. The molecule has 0 aliphatic rings. The van der Waals surface area contributed by atoms with E-state index in [4.69, 9.17) is 10.1 Å². The van der Waals surface area contributed by atoms with E-state index in [0.29, 0.717) is 29.4 Å². The number of hydrogen-bond acceptors (Lipinski definition) is 7. The zero-order valence-corrected chi connectivity index (χ0v) is 17.6. The van der Waals surface area contributed by atoms with Crippen LogP contribution in [-0.4, -0.2) is 39.7 Å². The molecule has 162 valence electrons. The van der Waals surface area contributed by atoms with Gasteiger partial charge in [-0.2, -0.15) is 0 Å². The van der Waals surface area contributed by atoms with Crippen LogP contribution in [0, 0.1) is 11.2 Å². The lowest BCUT2D eigenvalue weighted by Crippen LogP contribution is -2.03. The highest BCUT2D eigenvalue weighted by atomic mass is 19.1. The van der Waals surface area contributed by atoms with Crippen molar-refractivity contribution < 1.29 is 9.13 Å². The van der Waals surface area contributed by atoms with Gasteiger partial charge in [0.1, 0.15) is 17.8 Å². The molecule has 4 rings (SSSR count). The van der Waals surface area contributed by atoms with Crippen LogP contribution in [0.1, 0.15) is 11.1 Å². The molecule has 0 fully saturated rings. The van der Waals surface area contributed by atoms with Gasteiger partial charge in [-0.3, -0.25) is 4.40 Å². The van der Waals surface area contributed by atoms with E-state index >= 15 is 0 Å². The highest BCUT2D eigenvalue weighted by Gasteiger charge is 2.12. The Balaban J connectivity index is 1.52. The van der Waals surface area contributed by atoms with Crippen LogP contribution < -0.4 is 15.4 Å². The van der Waals surface area contributed by atoms with Crippen molar-refractivity contribution >= 4 is 23.3 Å². The number of rotatable bonds is 8. The minimum atomic E-state index is -0.481. The third-order valence-corrected chi connectivity index (χ3v) is 4.93. The fourth-order valence-electron chi connectivity index (χ4n) is 3.29. The van der Waals surface area contributed by atoms with Gasteiger partial charge >= 0.3 is 0 Å². The average molecular weight is 431 g/mol. The number of fused-ring (bicyclic) bond motifs is 1. The van der Waals surface area contributed by atoms with E-state index in [-0.39, 0.29) is 5.75 Å². The number of nitrogens with one attached hydrogen (secondary N) is 3. The highest BCUT2D eigenvalue weighted by molar-refractivity contribution is 6.08. The summed E-state index contributed by atoms with van der Waals surface area (Å²) in [4.78, 5) is 12.9. The van der Waals surface area contributed by atoms with E-state index in [0.717, 1.165) is 16.7 Å². The summed E-state index contributed by atoms with van der Waals surface area (Å²) >= 11 is 0.